The topological polar surface area (TPSA) is 114 Å². The summed E-state index contributed by atoms with van der Waals surface area (Å²) in [5.74, 6) is 2.30. The number of methoxy groups -OCH3 is 2. The molecule has 0 spiro atoms. The Morgan fingerprint density at radius 3 is 1.53 bits per heavy atom. The van der Waals surface area contributed by atoms with Crippen molar-refractivity contribution in [2.24, 2.45) is 3.95 Å². The first-order valence-electron chi connectivity index (χ1n) is 17.9. The van der Waals surface area contributed by atoms with E-state index in [2.05, 4.69) is 46.1 Å². The van der Waals surface area contributed by atoms with Crippen LogP contribution in [0.2, 0.25) is 0 Å². The molecule has 0 amide bonds. The van der Waals surface area contributed by atoms with Crippen LogP contribution in [0.1, 0.15) is 38.9 Å². The van der Waals surface area contributed by atoms with Crippen LogP contribution in [0, 0.1) is 13.1 Å². The maximum Gasteiger partial charge on any atom is 0.487 e. The van der Waals surface area contributed by atoms with Gasteiger partial charge in [0.05, 0.1) is 26.9 Å². The monoisotopic (exact) mass is 894 g/mol. The Balaban J connectivity index is 0.000000211. The van der Waals surface area contributed by atoms with Gasteiger partial charge in [0, 0.05) is 5.88 Å². The van der Waals surface area contributed by atoms with E-state index in [0.717, 1.165) is 51.9 Å². The zero-order chi connectivity index (χ0) is 41.3. The van der Waals surface area contributed by atoms with Gasteiger partial charge in [-0.2, -0.15) is 0 Å². The van der Waals surface area contributed by atoms with Gasteiger partial charge in [0.1, 0.15) is 5.75 Å². The third kappa shape index (κ3) is 17.7. The second-order valence-corrected chi connectivity index (χ2v) is 14.7. The van der Waals surface area contributed by atoms with Crippen LogP contribution in [-0.4, -0.2) is 40.9 Å². The minimum atomic E-state index is -1.49. The molecule has 0 bridgehead atoms. The summed E-state index contributed by atoms with van der Waals surface area (Å²) in [6, 6.07) is 46.6. The van der Waals surface area contributed by atoms with Crippen molar-refractivity contribution in [2.45, 2.75) is 31.7 Å². The van der Waals surface area contributed by atoms with Crippen LogP contribution in [0.5, 0.6) is 11.5 Å². The third-order valence-electron chi connectivity index (χ3n) is 8.32. The Kier molecular flexibility index (Phi) is 21.6. The number of nitrogens with zero attached hydrogens (tertiary/aromatic N) is 2. The van der Waals surface area contributed by atoms with E-state index in [1.165, 1.54) is 28.3 Å². The van der Waals surface area contributed by atoms with Crippen molar-refractivity contribution < 1.29 is 46.1 Å². The first-order valence-corrected chi connectivity index (χ1v) is 21.2. The molecule has 0 fully saturated rings. The van der Waals surface area contributed by atoms with E-state index in [9.17, 15) is 0 Å². The smallest absolute Gasteiger partial charge is 0.487 e. The summed E-state index contributed by atoms with van der Waals surface area (Å²) in [5.41, 5.74) is 9.90. The molecular formula is C46H47BClIN3O5-. The van der Waals surface area contributed by atoms with E-state index in [4.69, 9.17) is 53.3 Å². The average Bonchev–Trinajstić information content (AvgIpc) is 3.27. The van der Waals surface area contributed by atoms with Gasteiger partial charge < -0.3 is 19.9 Å². The molecule has 0 saturated carbocycles. The predicted molar refractivity (Wildman–Crippen MR) is 228 cm³/mol. The van der Waals surface area contributed by atoms with Gasteiger partial charge in [0.2, 0.25) is 0 Å². The fourth-order valence-corrected chi connectivity index (χ4v) is 6.35. The zero-order valence-corrected chi connectivity index (χ0v) is 35.0. The quantitative estimate of drug-likeness (QED) is 0.0427. The number of aliphatic hydroxyl groups excluding tert-OH is 1. The fourth-order valence-electron chi connectivity index (χ4n) is 5.24. The van der Waals surface area contributed by atoms with E-state index >= 15 is 0 Å². The molecule has 0 aliphatic heterocycles. The van der Waals surface area contributed by atoms with Crippen molar-refractivity contribution >= 4 is 35.6 Å². The third-order valence-corrected chi connectivity index (χ3v) is 9.79. The summed E-state index contributed by atoms with van der Waals surface area (Å²) in [6.45, 7) is 13.7. The molecule has 8 nitrogen and oxygen atoms in total. The molecule has 0 saturated heterocycles. The molecule has 6 aromatic carbocycles. The number of aryl methyl sites for hydroxylation is 1. The van der Waals surface area contributed by atoms with E-state index in [1.807, 2.05) is 84.9 Å². The molecular weight excluding hydrogens is 848 g/mol. The fraction of sp³-hybridized carbons (Fsp3) is 0.174. The second-order valence-electron chi connectivity index (χ2n) is 12.4. The van der Waals surface area contributed by atoms with Crippen LogP contribution >= 0.6 is 11.6 Å². The number of hydrogen-bond acceptors (Lipinski definition) is 6. The van der Waals surface area contributed by atoms with Crippen LogP contribution in [0.3, 0.4) is 0 Å². The first kappa shape index (κ1) is 46.2. The molecule has 0 aliphatic carbocycles. The molecule has 0 aliphatic rings. The number of rotatable bonds is 12. The molecule has 0 atom stereocenters. The molecule has 294 valence electrons. The first-order chi connectivity index (χ1) is 27.7. The van der Waals surface area contributed by atoms with E-state index in [1.54, 1.807) is 32.4 Å². The molecule has 0 aromatic heterocycles. The van der Waals surface area contributed by atoms with Gasteiger partial charge in [-0.1, -0.05) is 90.5 Å². The zero-order valence-electron chi connectivity index (χ0n) is 32.1. The normalized spacial score (nSPS) is 9.84. The van der Waals surface area contributed by atoms with Gasteiger partial charge in [-0.05, 0) is 40.7 Å². The molecule has 0 unspecified atom stereocenters. The van der Waals surface area contributed by atoms with Crippen LogP contribution in [-0.2, 0) is 31.7 Å². The van der Waals surface area contributed by atoms with Crippen LogP contribution in [0.4, 0.5) is 11.4 Å². The second kappa shape index (κ2) is 26.6. The Bertz CT molecular complexity index is 2120. The molecule has 11 heteroatoms. The number of alkyl halides is 2. The van der Waals surface area contributed by atoms with Gasteiger partial charge in [-0.3, -0.25) is 0 Å². The Morgan fingerprint density at radius 2 is 1.05 bits per heavy atom. The number of benzene rings is 6. The Labute approximate surface area is 352 Å². The maximum atomic E-state index is 8.70. The van der Waals surface area contributed by atoms with Crippen molar-refractivity contribution in [1.82, 2.24) is 0 Å². The number of aliphatic hydroxyl groups is 1. The van der Waals surface area contributed by atoms with E-state index < -0.39 is 7.12 Å². The van der Waals surface area contributed by atoms with Gasteiger partial charge in [-0.15, -0.1) is 11.6 Å². The summed E-state index contributed by atoms with van der Waals surface area (Å²) in [6.07, 6.45) is 2.92. The summed E-state index contributed by atoms with van der Waals surface area (Å²) in [5, 5.41) is 26.1. The maximum absolute atomic E-state index is 8.70. The Morgan fingerprint density at radius 1 is 0.596 bits per heavy atom. The van der Waals surface area contributed by atoms with Crippen molar-refractivity contribution in [3.05, 3.63) is 207 Å². The summed E-state index contributed by atoms with van der Waals surface area (Å²) in [4.78, 5) is 6.57. The molecule has 6 rings (SSSR count). The van der Waals surface area contributed by atoms with Gasteiger partial charge in [0.25, 0.3) is 0 Å². The summed E-state index contributed by atoms with van der Waals surface area (Å²) < 4.78 is 17.1. The van der Waals surface area contributed by atoms with Gasteiger partial charge >= 0.3 is 133 Å². The number of ether oxygens (including phenoxy) is 2. The van der Waals surface area contributed by atoms with E-state index in [-0.39, 0.29) is 28.1 Å². The van der Waals surface area contributed by atoms with Gasteiger partial charge in [-0.25, -0.2) is 9.69 Å². The number of hydrogen-bond donors (Lipinski definition) is 4. The van der Waals surface area contributed by atoms with E-state index in [0.29, 0.717) is 22.7 Å². The minimum absolute atomic E-state index is 0.0971. The van der Waals surface area contributed by atoms with Crippen molar-refractivity contribution in [3.8, 4) is 11.5 Å². The van der Waals surface area contributed by atoms with Crippen LogP contribution < -0.4 is 40.4 Å². The summed E-state index contributed by atoms with van der Waals surface area (Å²) in [7, 11) is 1.86. The average molecular weight is 895 g/mol. The SMILES string of the molecule is COc1ccc(Cc2cccc(CC[I-]N)c2)cc1.OCc1ccc(CCl)cc1.[C-]#[N+]c1cccc(B(O)O)c1.[C-]#[N+]c1cccc(Cc2ccc(OC)cc2)c1. The summed E-state index contributed by atoms with van der Waals surface area (Å²) >= 11 is 5.46. The molecule has 0 heterocycles. The number of nitrogens with two attached hydrogens (primary N) is 1. The molecule has 0 radical (unpaired) electrons. The van der Waals surface area contributed by atoms with Crippen molar-refractivity contribution in [1.29, 1.82) is 0 Å². The van der Waals surface area contributed by atoms with Crippen molar-refractivity contribution in [3.63, 3.8) is 0 Å². The largest absolute Gasteiger partial charge is 0.497 e. The molecule has 57 heavy (non-hydrogen) atoms. The van der Waals surface area contributed by atoms with Crippen LogP contribution in [0.25, 0.3) is 9.69 Å². The Hall–Kier alpha value is -5.18. The molecule has 6 aromatic rings. The van der Waals surface area contributed by atoms with Crippen molar-refractivity contribution in [2.75, 3.05) is 18.6 Å². The predicted octanol–water partition coefficient (Wildman–Crippen LogP) is 5.46. The molecule has 5 N–H and O–H groups in total. The van der Waals surface area contributed by atoms with Gasteiger partial charge in [0.15, 0.2) is 11.4 Å². The minimum Gasteiger partial charge on any atom is -0.497 e. The standard InChI is InChI=1S/C16H19INO.C15H13NO.C8H9ClO.C7H6BNO2/c1-19-16-7-5-14(6-8-16)12-15-4-2-3-13(11-15)9-10-17-18;1-16-14-5-3-4-13(11-14)10-12-6-8-15(17-2)9-7-12;9-5-7-1-3-8(6-10)4-2-7;1-9-7-4-2-3-6(5-7)8(10)11/h2-8,11H,9-10,12,18H2,1H3;3-9,11H,10H2,2H3;1-4,10H,5-6H2;2-5,10-11H/q-1;;;. The number of halogens is 2. The van der Waals surface area contributed by atoms with Crippen LogP contribution in [0.15, 0.2) is 146 Å².